The maximum Gasteiger partial charge on any atom is 0.241 e. The number of rotatable bonds is 3. The molecule has 1 rings (SSSR count). The first kappa shape index (κ1) is 9.82. The van der Waals surface area contributed by atoms with E-state index in [1.54, 1.807) is 0 Å². The van der Waals surface area contributed by atoms with Crippen molar-refractivity contribution in [1.82, 2.24) is 9.71 Å². The second-order valence-electron chi connectivity index (χ2n) is 2.28. The van der Waals surface area contributed by atoms with Gasteiger partial charge in [-0.25, -0.2) is 13.1 Å². The Balaban J connectivity index is 3.24. The molecule has 0 aliphatic heterocycles. The van der Waals surface area contributed by atoms with Gasteiger partial charge in [0, 0.05) is 18.0 Å². The molecule has 0 atom stereocenters. The first-order chi connectivity index (χ1) is 6.10. The summed E-state index contributed by atoms with van der Waals surface area (Å²) in [6.45, 7) is 0. The lowest BCUT2D eigenvalue weighted by Crippen LogP contribution is -2.18. The van der Waals surface area contributed by atoms with Crippen LogP contribution in [0.4, 0.5) is 0 Å². The van der Waals surface area contributed by atoms with E-state index < -0.39 is 10.0 Å². The van der Waals surface area contributed by atoms with Crippen molar-refractivity contribution in [2.45, 2.75) is 4.90 Å². The monoisotopic (exact) mass is 200 g/mol. The summed E-state index contributed by atoms with van der Waals surface area (Å²) < 4.78 is 24.5. The predicted octanol–water partition coefficient (Wildman–Crippen LogP) is -0.198. The van der Waals surface area contributed by atoms with Crippen molar-refractivity contribution in [3.8, 4) is 0 Å². The van der Waals surface area contributed by atoms with Crippen LogP contribution in [0.2, 0.25) is 0 Å². The summed E-state index contributed by atoms with van der Waals surface area (Å²) in [4.78, 5) is 13.9. The van der Waals surface area contributed by atoms with Crippen LogP contribution in [-0.2, 0) is 10.0 Å². The highest BCUT2D eigenvalue weighted by Gasteiger charge is 2.11. The molecule has 0 saturated carbocycles. The zero-order valence-corrected chi connectivity index (χ0v) is 7.71. The van der Waals surface area contributed by atoms with Crippen molar-refractivity contribution in [2.75, 3.05) is 7.05 Å². The van der Waals surface area contributed by atoms with E-state index in [4.69, 9.17) is 0 Å². The number of nitrogens with one attached hydrogen (secondary N) is 1. The molecule has 1 aromatic rings. The van der Waals surface area contributed by atoms with Crippen LogP contribution >= 0.6 is 0 Å². The summed E-state index contributed by atoms with van der Waals surface area (Å²) in [5, 5.41) is 0. The normalized spacial score (nSPS) is 11.2. The quantitative estimate of drug-likeness (QED) is 0.686. The molecule has 5 nitrogen and oxygen atoms in total. The Kier molecular flexibility index (Phi) is 2.74. The molecule has 0 saturated heterocycles. The standard InChI is InChI=1S/C7H8N2O3S/c1-8-13(11,12)7-2-6(5-10)3-9-4-7/h2-5,8H,1H3. The number of carbonyl (C=O) groups is 1. The number of hydrogen-bond acceptors (Lipinski definition) is 4. The zero-order valence-electron chi connectivity index (χ0n) is 6.89. The van der Waals surface area contributed by atoms with Gasteiger partial charge >= 0.3 is 0 Å². The highest BCUT2D eigenvalue weighted by molar-refractivity contribution is 7.89. The van der Waals surface area contributed by atoms with Crippen LogP contribution in [0.1, 0.15) is 10.4 Å². The summed E-state index contributed by atoms with van der Waals surface area (Å²) in [7, 11) is -2.21. The van der Waals surface area contributed by atoms with E-state index in [9.17, 15) is 13.2 Å². The molecule has 0 fully saturated rings. The molecule has 6 heteroatoms. The van der Waals surface area contributed by atoms with Gasteiger partial charge < -0.3 is 0 Å². The summed E-state index contributed by atoms with van der Waals surface area (Å²) in [6, 6.07) is 1.26. The number of hydrogen-bond donors (Lipinski definition) is 1. The van der Waals surface area contributed by atoms with Crippen molar-refractivity contribution in [1.29, 1.82) is 0 Å². The predicted molar refractivity (Wildman–Crippen MR) is 45.9 cm³/mol. The minimum atomic E-state index is -3.50. The molecule has 0 radical (unpaired) electrons. The Hall–Kier alpha value is -1.27. The molecule has 0 amide bonds. The molecular weight excluding hydrogens is 192 g/mol. The minimum absolute atomic E-state index is 0.0143. The highest BCUT2D eigenvalue weighted by atomic mass is 32.2. The van der Waals surface area contributed by atoms with Gasteiger partial charge in [0.15, 0.2) is 6.29 Å². The Morgan fingerprint density at radius 2 is 2.15 bits per heavy atom. The number of aldehydes is 1. The third-order valence-electron chi connectivity index (χ3n) is 1.45. The zero-order chi connectivity index (χ0) is 9.90. The number of nitrogens with zero attached hydrogens (tertiary/aromatic N) is 1. The van der Waals surface area contributed by atoms with E-state index in [0.29, 0.717) is 6.29 Å². The first-order valence-electron chi connectivity index (χ1n) is 3.44. The number of aromatic nitrogens is 1. The number of pyridine rings is 1. The number of carbonyl (C=O) groups excluding carboxylic acids is 1. The average Bonchev–Trinajstić information content (AvgIpc) is 2.18. The Morgan fingerprint density at radius 3 is 2.69 bits per heavy atom. The maximum absolute atomic E-state index is 11.2. The fraction of sp³-hybridized carbons (Fsp3) is 0.143. The first-order valence-corrected chi connectivity index (χ1v) is 4.92. The van der Waals surface area contributed by atoms with Gasteiger partial charge in [-0.2, -0.15) is 0 Å². The topological polar surface area (TPSA) is 76.1 Å². The van der Waals surface area contributed by atoms with Crippen LogP contribution in [0.5, 0.6) is 0 Å². The van der Waals surface area contributed by atoms with Gasteiger partial charge in [0.25, 0.3) is 0 Å². The third-order valence-corrected chi connectivity index (χ3v) is 2.83. The molecule has 0 bridgehead atoms. The van der Waals surface area contributed by atoms with Gasteiger partial charge in [-0.1, -0.05) is 0 Å². The molecule has 1 N–H and O–H groups in total. The van der Waals surface area contributed by atoms with E-state index in [0.717, 1.165) is 0 Å². The SMILES string of the molecule is CNS(=O)(=O)c1cncc(C=O)c1. The summed E-state index contributed by atoms with van der Waals surface area (Å²) in [5.41, 5.74) is 0.233. The highest BCUT2D eigenvalue weighted by Crippen LogP contribution is 2.06. The third kappa shape index (κ3) is 2.10. The van der Waals surface area contributed by atoms with Crippen molar-refractivity contribution in [2.24, 2.45) is 0 Å². The van der Waals surface area contributed by atoms with E-state index >= 15 is 0 Å². The Bertz CT molecular complexity index is 414. The van der Waals surface area contributed by atoms with Crippen molar-refractivity contribution >= 4 is 16.3 Å². The molecule has 0 aliphatic rings. The maximum atomic E-state index is 11.2. The lowest BCUT2D eigenvalue weighted by molar-refractivity contribution is 0.112. The smallest absolute Gasteiger partial charge is 0.241 e. The van der Waals surface area contributed by atoms with Crippen LogP contribution in [0.25, 0.3) is 0 Å². The number of sulfonamides is 1. The fourth-order valence-corrected chi connectivity index (χ4v) is 1.49. The molecular formula is C7H8N2O3S. The molecule has 0 aromatic carbocycles. The van der Waals surface area contributed by atoms with Crippen LogP contribution in [0, 0.1) is 0 Å². The van der Waals surface area contributed by atoms with Crippen molar-refractivity contribution in [3.63, 3.8) is 0 Å². The summed E-state index contributed by atoms with van der Waals surface area (Å²) >= 11 is 0. The Labute approximate surface area is 75.9 Å². The second-order valence-corrected chi connectivity index (χ2v) is 4.17. The van der Waals surface area contributed by atoms with Crippen LogP contribution < -0.4 is 4.72 Å². The van der Waals surface area contributed by atoms with Gasteiger partial charge in [-0.05, 0) is 13.1 Å². The average molecular weight is 200 g/mol. The van der Waals surface area contributed by atoms with Crippen LogP contribution in [0.15, 0.2) is 23.4 Å². The van der Waals surface area contributed by atoms with E-state index in [2.05, 4.69) is 9.71 Å². The molecule has 1 heterocycles. The fourth-order valence-electron chi connectivity index (χ4n) is 0.765. The molecule has 0 spiro atoms. The molecule has 0 unspecified atom stereocenters. The summed E-state index contributed by atoms with van der Waals surface area (Å²) in [6.07, 6.45) is 3.02. The van der Waals surface area contributed by atoms with Gasteiger partial charge in [0.05, 0.1) is 0 Å². The van der Waals surface area contributed by atoms with E-state index in [1.165, 1.54) is 25.5 Å². The van der Waals surface area contributed by atoms with Crippen LogP contribution in [0.3, 0.4) is 0 Å². The van der Waals surface area contributed by atoms with Gasteiger partial charge in [-0.15, -0.1) is 0 Å². The Morgan fingerprint density at radius 1 is 1.46 bits per heavy atom. The largest absolute Gasteiger partial charge is 0.298 e. The van der Waals surface area contributed by atoms with Gasteiger partial charge in [0.1, 0.15) is 4.90 Å². The van der Waals surface area contributed by atoms with Crippen LogP contribution in [-0.4, -0.2) is 26.7 Å². The summed E-state index contributed by atoms with van der Waals surface area (Å²) in [5.74, 6) is 0. The van der Waals surface area contributed by atoms with Crippen molar-refractivity contribution < 1.29 is 13.2 Å². The molecule has 1 aromatic heterocycles. The molecule has 0 aliphatic carbocycles. The van der Waals surface area contributed by atoms with E-state index in [1.807, 2.05) is 0 Å². The van der Waals surface area contributed by atoms with Gasteiger partial charge in [0.2, 0.25) is 10.0 Å². The van der Waals surface area contributed by atoms with Crippen molar-refractivity contribution in [3.05, 3.63) is 24.0 Å². The minimum Gasteiger partial charge on any atom is -0.298 e. The van der Waals surface area contributed by atoms with Gasteiger partial charge in [-0.3, -0.25) is 9.78 Å². The lowest BCUT2D eigenvalue weighted by Gasteiger charge is -2.00. The molecule has 70 valence electrons. The lowest BCUT2D eigenvalue weighted by atomic mass is 10.3. The van der Waals surface area contributed by atoms with E-state index in [-0.39, 0.29) is 10.5 Å². The second kappa shape index (κ2) is 3.63. The molecule has 13 heavy (non-hydrogen) atoms.